The van der Waals surface area contributed by atoms with Crippen molar-refractivity contribution < 1.29 is 13.2 Å². The molecule has 0 aliphatic carbocycles. The maximum absolute atomic E-state index is 12.4. The molecule has 0 atom stereocenters. The van der Waals surface area contributed by atoms with Crippen molar-refractivity contribution in [3.05, 3.63) is 24.0 Å². The van der Waals surface area contributed by atoms with Crippen LogP contribution in [-0.2, 0) is 6.54 Å². The van der Waals surface area contributed by atoms with Crippen LogP contribution in [0.15, 0.2) is 18.3 Å². The van der Waals surface area contributed by atoms with Crippen molar-refractivity contribution >= 4 is 5.69 Å². The molecule has 1 rings (SSSR count). The Labute approximate surface area is 105 Å². The lowest BCUT2D eigenvalue weighted by Crippen LogP contribution is -2.34. The van der Waals surface area contributed by atoms with Gasteiger partial charge in [0.2, 0.25) is 0 Å². The highest BCUT2D eigenvalue weighted by Crippen LogP contribution is 2.22. The highest BCUT2D eigenvalue weighted by atomic mass is 19.4. The second-order valence-corrected chi connectivity index (χ2v) is 3.92. The molecule has 1 aromatic rings. The summed E-state index contributed by atoms with van der Waals surface area (Å²) in [6, 6.07) is 3.29. The van der Waals surface area contributed by atoms with Crippen LogP contribution in [0.1, 0.15) is 19.5 Å². The normalized spacial score (nSPS) is 11.6. The minimum atomic E-state index is -4.19. The van der Waals surface area contributed by atoms with E-state index in [4.69, 9.17) is 0 Å². The van der Waals surface area contributed by atoms with E-state index in [1.807, 2.05) is 6.92 Å². The van der Waals surface area contributed by atoms with Gasteiger partial charge in [-0.3, -0.25) is 4.98 Å². The molecule has 3 nitrogen and oxygen atoms in total. The number of aromatic nitrogens is 1. The quantitative estimate of drug-likeness (QED) is 0.853. The van der Waals surface area contributed by atoms with Crippen molar-refractivity contribution in [2.45, 2.75) is 26.6 Å². The van der Waals surface area contributed by atoms with Crippen LogP contribution in [0.2, 0.25) is 0 Å². The van der Waals surface area contributed by atoms with Gasteiger partial charge in [-0.05, 0) is 25.6 Å². The average molecular weight is 261 g/mol. The molecule has 0 unspecified atom stereocenters. The smallest absolute Gasteiger partial charge is 0.363 e. The van der Waals surface area contributed by atoms with E-state index in [0.29, 0.717) is 18.8 Å². The fourth-order valence-electron chi connectivity index (χ4n) is 1.61. The molecule has 1 heterocycles. The second kappa shape index (κ2) is 6.58. The molecule has 0 aliphatic rings. The third-order valence-electron chi connectivity index (χ3n) is 2.47. The summed E-state index contributed by atoms with van der Waals surface area (Å²) in [6.07, 6.45) is -2.65. The van der Waals surface area contributed by atoms with Gasteiger partial charge in [-0.2, -0.15) is 13.2 Å². The first kappa shape index (κ1) is 14.8. The standard InChI is InChI=1S/C12H18F3N3/c1-3-16-8-10-7-11(5-6-17-10)18(4-2)9-12(13,14)15/h5-7,16H,3-4,8-9H2,1-2H3. The minimum absolute atomic E-state index is 0.310. The summed E-state index contributed by atoms with van der Waals surface area (Å²) >= 11 is 0. The Bertz CT molecular complexity index is 366. The topological polar surface area (TPSA) is 28.2 Å². The third kappa shape index (κ3) is 4.91. The average Bonchev–Trinajstić information content (AvgIpc) is 2.32. The molecule has 0 aromatic carbocycles. The monoisotopic (exact) mass is 261 g/mol. The summed E-state index contributed by atoms with van der Waals surface area (Å²) in [7, 11) is 0. The van der Waals surface area contributed by atoms with Crippen LogP contribution < -0.4 is 10.2 Å². The van der Waals surface area contributed by atoms with Crippen LogP contribution in [0, 0.1) is 0 Å². The van der Waals surface area contributed by atoms with Gasteiger partial charge in [0.05, 0.1) is 5.69 Å². The Morgan fingerprint density at radius 2 is 2.06 bits per heavy atom. The van der Waals surface area contributed by atoms with Gasteiger partial charge in [0.1, 0.15) is 6.54 Å². The predicted octanol–water partition coefficient (Wildman–Crippen LogP) is 2.58. The van der Waals surface area contributed by atoms with Crippen LogP contribution in [0.5, 0.6) is 0 Å². The lowest BCUT2D eigenvalue weighted by atomic mass is 10.2. The van der Waals surface area contributed by atoms with Gasteiger partial charge in [0.25, 0.3) is 0 Å². The molecule has 0 saturated carbocycles. The van der Waals surface area contributed by atoms with Gasteiger partial charge < -0.3 is 10.2 Å². The number of anilines is 1. The molecule has 0 saturated heterocycles. The van der Waals surface area contributed by atoms with E-state index in [2.05, 4.69) is 10.3 Å². The third-order valence-corrected chi connectivity index (χ3v) is 2.47. The first-order valence-corrected chi connectivity index (χ1v) is 5.93. The first-order chi connectivity index (χ1) is 8.46. The van der Waals surface area contributed by atoms with E-state index < -0.39 is 12.7 Å². The number of pyridine rings is 1. The number of hydrogen-bond acceptors (Lipinski definition) is 3. The van der Waals surface area contributed by atoms with E-state index >= 15 is 0 Å². The summed E-state index contributed by atoms with van der Waals surface area (Å²) in [5, 5.41) is 3.09. The Morgan fingerprint density at radius 3 is 2.61 bits per heavy atom. The number of nitrogens with one attached hydrogen (secondary N) is 1. The van der Waals surface area contributed by atoms with Gasteiger partial charge >= 0.3 is 6.18 Å². The van der Waals surface area contributed by atoms with E-state index in [1.165, 1.54) is 4.90 Å². The van der Waals surface area contributed by atoms with Crippen molar-refractivity contribution in [3.63, 3.8) is 0 Å². The van der Waals surface area contributed by atoms with E-state index in [9.17, 15) is 13.2 Å². The van der Waals surface area contributed by atoms with Crippen LogP contribution in [-0.4, -0.2) is 30.8 Å². The zero-order valence-corrected chi connectivity index (χ0v) is 10.6. The molecule has 0 aliphatic heterocycles. The molecule has 1 N–H and O–H groups in total. The lowest BCUT2D eigenvalue weighted by Gasteiger charge is -2.24. The lowest BCUT2D eigenvalue weighted by molar-refractivity contribution is -0.119. The van der Waals surface area contributed by atoms with Crippen molar-refractivity contribution in [3.8, 4) is 0 Å². The van der Waals surface area contributed by atoms with Crippen LogP contribution in [0.3, 0.4) is 0 Å². The summed E-state index contributed by atoms with van der Waals surface area (Å²) < 4.78 is 37.2. The summed E-state index contributed by atoms with van der Waals surface area (Å²) in [5.74, 6) is 0. The Morgan fingerprint density at radius 1 is 1.33 bits per heavy atom. The van der Waals surface area contributed by atoms with E-state index in [-0.39, 0.29) is 0 Å². The van der Waals surface area contributed by atoms with Gasteiger partial charge in [0.15, 0.2) is 0 Å². The minimum Gasteiger partial charge on any atom is -0.363 e. The number of hydrogen-bond donors (Lipinski definition) is 1. The van der Waals surface area contributed by atoms with E-state index in [0.717, 1.165) is 12.2 Å². The number of rotatable bonds is 6. The van der Waals surface area contributed by atoms with Crippen LogP contribution >= 0.6 is 0 Å². The molecule has 1 aromatic heterocycles. The molecular formula is C12H18F3N3. The fraction of sp³-hybridized carbons (Fsp3) is 0.583. The first-order valence-electron chi connectivity index (χ1n) is 5.93. The Hall–Kier alpha value is -1.30. The maximum atomic E-state index is 12.4. The molecular weight excluding hydrogens is 243 g/mol. The zero-order valence-electron chi connectivity index (χ0n) is 10.6. The molecule has 0 radical (unpaired) electrons. The predicted molar refractivity (Wildman–Crippen MR) is 65.6 cm³/mol. The number of halogens is 3. The van der Waals surface area contributed by atoms with Crippen LogP contribution in [0.25, 0.3) is 0 Å². The maximum Gasteiger partial charge on any atom is 0.405 e. The van der Waals surface area contributed by atoms with Gasteiger partial charge in [-0.1, -0.05) is 6.92 Å². The Balaban J connectivity index is 2.79. The molecule has 0 spiro atoms. The molecule has 0 bridgehead atoms. The highest BCUT2D eigenvalue weighted by molar-refractivity contribution is 5.46. The summed E-state index contributed by atoms with van der Waals surface area (Å²) in [4.78, 5) is 5.41. The SMILES string of the molecule is CCNCc1cc(N(CC)CC(F)(F)F)ccn1. The summed E-state index contributed by atoms with van der Waals surface area (Å²) in [5.41, 5.74) is 1.30. The van der Waals surface area contributed by atoms with Crippen LogP contribution in [0.4, 0.5) is 18.9 Å². The van der Waals surface area contributed by atoms with Crippen molar-refractivity contribution in [1.82, 2.24) is 10.3 Å². The van der Waals surface area contributed by atoms with Crippen molar-refractivity contribution in [1.29, 1.82) is 0 Å². The van der Waals surface area contributed by atoms with Gasteiger partial charge in [0, 0.05) is 25.0 Å². The molecule has 0 amide bonds. The Kier molecular flexibility index (Phi) is 5.40. The molecule has 18 heavy (non-hydrogen) atoms. The number of nitrogens with zero attached hydrogens (tertiary/aromatic N) is 2. The van der Waals surface area contributed by atoms with E-state index in [1.54, 1.807) is 25.3 Å². The zero-order chi connectivity index (χ0) is 13.6. The van der Waals surface area contributed by atoms with Crippen molar-refractivity contribution in [2.75, 3.05) is 24.5 Å². The largest absolute Gasteiger partial charge is 0.405 e. The molecule has 6 heteroatoms. The van der Waals surface area contributed by atoms with Gasteiger partial charge in [-0.15, -0.1) is 0 Å². The fourth-order valence-corrected chi connectivity index (χ4v) is 1.61. The number of alkyl halides is 3. The summed E-state index contributed by atoms with van der Waals surface area (Å²) in [6.45, 7) is 4.40. The molecule has 102 valence electrons. The highest BCUT2D eigenvalue weighted by Gasteiger charge is 2.30. The molecule has 0 fully saturated rings. The van der Waals surface area contributed by atoms with Crippen molar-refractivity contribution in [2.24, 2.45) is 0 Å². The van der Waals surface area contributed by atoms with Gasteiger partial charge in [-0.25, -0.2) is 0 Å². The second-order valence-electron chi connectivity index (χ2n) is 3.92.